The number of nitrogens with one attached hydrogen (secondary N) is 1. The van der Waals surface area contributed by atoms with Gasteiger partial charge in [0.15, 0.2) is 0 Å². The molecule has 0 radical (unpaired) electrons. The van der Waals surface area contributed by atoms with Crippen molar-refractivity contribution in [1.29, 1.82) is 0 Å². The predicted molar refractivity (Wildman–Crippen MR) is 104 cm³/mol. The van der Waals surface area contributed by atoms with Crippen molar-refractivity contribution in [2.75, 3.05) is 5.32 Å². The molecule has 5 nitrogen and oxygen atoms in total. The SMILES string of the molecule is O=C1CCc2cc(C(O)C(S)c3nccn3-c3ccccc3)ccc2N1. The smallest absolute Gasteiger partial charge is 0.224 e. The van der Waals surface area contributed by atoms with E-state index in [9.17, 15) is 9.90 Å². The highest BCUT2D eigenvalue weighted by Crippen LogP contribution is 2.36. The van der Waals surface area contributed by atoms with Crippen molar-refractivity contribution in [3.8, 4) is 5.69 Å². The van der Waals surface area contributed by atoms with Gasteiger partial charge in [-0.2, -0.15) is 12.6 Å². The quantitative estimate of drug-likeness (QED) is 0.620. The highest BCUT2D eigenvalue weighted by Gasteiger charge is 2.25. The number of anilines is 1. The Bertz CT molecular complexity index is 939. The Labute approximate surface area is 157 Å². The van der Waals surface area contributed by atoms with Crippen molar-refractivity contribution < 1.29 is 9.90 Å². The maximum absolute atomic E-state index is 11.5. The lowest BCUT2D eigenvalue weighted by atomic mass is 9.97. The molecule has 26 heavy (non-hydrogen) atoms. The van der Waals surface area contributed by atoms with Gasteiger partial charge in [-0.25, -0.2) is 4.98 Å². The molecule has 1 aromatic heterocycles. The van der Waals surface area contributed by atoms with E-state index in [0.29, 0.717) is 18.7 Å². The van der Waals surface area contributed by atoms with Crippen LogP contribution in [0.15, 0.2) is 60.9 Å². The van der Waals surface area contributed by atoms with E-state index in [1.807, 2.05) is 59.3 Å². The number of nitrogens with zero attached hydrogens (tertiary/aromatic N) is 2. The summed E-state index contributed by atoms with van der Waals surface area (Å²) in [5.41, 5.74) is 3.59. The number of aromatic nitrogens is 2. The minimum absolute atomic E-state index is 0.0303. The second kappa shape index (κ2) is 6.97. The molecule has 2 unspecified atom stereocenters. The molecule has 6 heteroatoms. The van der Waals surface area contributed by atoms with Crippen LogP contribution in [0.5, 0.6) is 0 Å². The molecule has 0 spiro atoms. The number of hydrogen-bond donors (Lipinski definition) is 3. The number of hydrogen-bond acceptors (Lipinski definition) is 4. The minimum Gasteiger partial charge on any atom is -0.387 e. The summed E-state index contributed by atoms with van der Waals surface area (Å²) >= 11 is 4.65. The summed E-state index contributed by atoms with van der Waals surface area (Å²) in [5.74, 6) is 0.709. The standard InChI is InChI=1S/C20H19N3O2S/c24-17-9-7-13-12-14(6-8-16(13)22-17)18(25)19(26)20-21-10-11-23(20)15-4-2-1-3-5-15/h1-6,8,10-12,18-19,25-26H,7,9H2,(H,22,24). The second-order valence-electron chi connectivity index (χ2n) is 6.35. The highest BCUT2D eigenvalue weighted by molar-refractivity contribution is 7.80. The van der Waals surface area contributed by atoms with Crippen LogP contribution in [0.1, 0.15) is 34.7 Å². The number of imidazole rings is 1. The third kappa shape index (κ3) is 3.13. The number of fused-ring (bicyclic) bond motifs is 1. The molecule has 2 atom stereocenters. The molecule has 2 N–H and O–H groups in total. The van der Waals surface area contributed by atoms with Gasteiger partial charge >= 0.3 is 0 Å². The van der Waals surface area contributed by atoms with Crippen LogP contribution in [0.4, 0.5) is 5.69 Å². The van der Waals surface area contributed by atoms with Gasteiger partial charge in [-0.3, -0.25) is 4.79 Å². The van der Waals surface area contributed by atoms with Gasteiger partial charge in [0.05, 0.1) is 11.4 Å². The fourth-order valence-corrected chi connectivity index (χ4v) is 3.61. The summed E-state index contributed by atoms with van der Waals surface area (Å²) in [5, 5.41) is 13.2. The van der Waals surface area contributed by atoms with Gasteiger partial charge in [0.2, 0.25) is 5.91 Å². The maximum Gasteiger partial charge on any atom is 0.224 e. The third-order valence-corrected chi connectivity index (χ3v) is 5.15. The molecule has 0 fully saturated rings. The lowest BCUT2D eigenvalue weighted by Gasteiger charge is -2.22. The van der Waals surface area contributed by atoms with Crippen molar-refractivity contribution in [2.45, 2.75) is 24.2 Å². The van der Waals surface area contributed by atoms with Crippen LogP contribution in [0.3, 0.4) is 0 Å². The van der Waals surface area contributed by atoms with Crippen molar-refractivity contribution in [1.82, 2.24) is 9.55 Å². The van der Waals surface area contributed by atoms with E-state index in [1.54, 1.807) is 6.20 Å². The van der Waals surface area contributed by atoms with Crippen LogP contribution < -0.4 is 5.32 Å². The topological polar surface area (TPSA) is 67.1 Å². The lowest BCUT2D eigenvalue weighted by molar-refractivity contribution is -0.116. The average Bonchev–Trinajstić information content (AvgIpc) is 3.17. The number of para-hydroxylation sites is 1. The number of benzene rings is 2. The second-order valence-corrected chi connectivity index (χ2v) is 6.90. The molecule has 0 bridgehead atoms. The summed E-state index contributed by atoms with van der Waals surface area (Å²) in [6, 6.07) is 15.5. The molecular weight excluding hydrogens is 346 g/mol. The number of carbonyl (C=O) groups excluding carboxylic acids is 1. The lowest BCUT2D eigenvalue weighted by Crippen LogP contribution is -2.19. The van der Waals surface area contributed by atoms with Crippen LogP contribution in [0.25, 0.3) is 5.69 Å². The number of rotatable bonds is 4. The molecule has 4 rings (SSSR count). The van der Waals surface area contributed by atoms with Crippen molar-refractivity contribution in [2.24, 2.45) is 0 Å². The Hall–Kier alpha value is -2.57. The first kappa shape index (κ1) is 16.9. The predicted octanol–water partition coefficient (Wildman–Crippen LogP) is 3.46. The molecular formula is C20H19N3O2S. The van der Waals surface area contributed by atoms with Crippen molar-refractivity contribution in [3.05, 3.63) is 77.9 Å². The van der Waals surface area contributed by atoms with Gasteiger partial charge in [-0.15, -0.1) is 0 Å². The first-order valence-corrected chi connectivity index (χ1v) is 9.02. The van der Waals surface area contributed by atoms with Crippen LogP contribution in [-0.2, 0) is 11.2 Å². The van der Waals surface area contributed by atoms with Gasteiger partial charge < -0.3 is 15.0 Å². The van der Waals surface area contributed by atoms with E-state index in [1.165, 1.54) is 0 Å². The van der Waals surface area contributed by atoms with E-state index in [4.69, 9.17) is 0 Å². The summed E-state index contributed by atoms with van der Waals surface area (Å²) in [6.45, 7) is 0. The van der Waals surface area contributed by atoms with Crippen LogP contribution in [0, 0.1) is 0 Å². The monoisotopic (exact) mass is 365 g/mol. The van der Waals surface area contributed by atoms with E-state index in [0.717, 1.165) is 22.5 Å². The van der Waals surface area contributed by atoms with Gasteiger partial charge in [0, 0.05) is 30.2 Å². The fraction of sp³-hybridized carbons (Fsp3) is 0.200. The van der Waals surface area contributed by atoms with E-state index >= 15 is 0 Å². The van der Waals surface area contributed by atoms with Crippen molar-refractivity contribution in [3.63, 3.8) is 0 Å². The fourth-order valence-electron chi connectivity index (χ4n) is 3.25. The zero-order valence-electron chi connectivity index (χ0n) is 14.0. The highest BCUT2D eigenvalue weighted by atomic mass is 32.1. The van der Waals surface area contributed by atoms with E-state index in [-0.39, 0.29) is 5.91 Å². The normalized spacial score (nSPS) is 15.8. The summed E-state index contributed by atoms with van der Waals surface area (Å²) in [6.07, 6.45) is 3.91. The molecule has 1 aliphatic heterocycles. The third-order valence-electron chi connectivity index (χ3n) is 4.63. The molecule has 0 saturated carbocycles. The molecule has 2 aromatic carbocycles. The molecule has 1 aliphatic rings. The van der Waals surface area contributed by atoms with E-state index in [2.05, 4.69) is 22.9 Å². The summed E-state index contributed by atoms with van der Waals surface area (Å²) in [4.78, 5) is 15.9. The van der Waals surface area contributed by atoms with Crippen LogP contribution in [0.2, 0.25) is 0 Å². The maximum atomic E-state index is 11.5. The minimum atomic E-state index is -0.814. The summed E-state index contributed by atoms with van der Waals surface area (Å²) < 4.78 is 1.93. The Morgan fingerprint density at radius 3 is 2.77 bits per heavy atom. The van der Waals surface area contributed by atoms with E-state index < -0.39 is 11.4 Å². The largest absolute Gasteiger partial charge is 0.387 e. The molecule has 2 heterocycles. The molecule has 0 aliphatic carbocycles. The number of thiol groups is 1. The van der Waals surface area contributed by atoms with Gasteiger partial charge in [0.25, 0.3) is 0 Å². The van der Waals surface area contributed by atoms with Crippen LogP contribution in [-0.4, -0.2) is 20.6 Å². The van der Waals surface area contributed by atoms with Gasteiger partial charge in [0.1, 0.15) is 5.82 Å². The zero-order valence-corrected chi connectivity index (χ0v) is 14.9. The Morgan fingerprint density at radius 2 is 1.96 bits per heavy atom. The Morgan fingerprint density at radius 1 is 1.15 bits per heavy atom. The number of aliphatic hydroxyl groups is 1. The molecule has 132 valence electrons. The molecule has 1 amide bonds. The average molecular weight is 365 g/mol. The van der Waals surface area contributed by atoms with Gasteiger partial charge in [-0.05, 0) is 35.7 Å². The zero-order chi connectivity index (χ0) is 18.1. The van der Waals surface area contributed by atoms with Gasteiger partial charge in [-0.1, -0.05) is 30.3 Å². The first-order chi connectivity index (χ1) is 12.6. The Balaban J connectivity index is 1.63. The van der Waals surface area contributed by atoms with Crippen molar-refractivity contribution >= 4 is 24.2 Å². The van der Waals surface area contributed by atoms with Crippen LogP contribution >= 0.6 is 12.6 Å². The number of aryl methyl sites for hydroxylation is 1. The number of aliphatic hydroxyl groups excluding tert-OH is 1. The Kier molecular flexibility index (Phi) is 4.53. The molecule has 0 saturated heterocycles. The first-order valence-electron chi connectivity index (χ1n) is 8.51. The number of amides is 1. The summed E-state index contributed by atoms with van der Waals surface area (Å²) in [7, 11) is 0. The number of carbonyl (C=O) groups is 1. The molecule has 3 aromatic rings.